The van der Waals surface area contributed by atoms with Crippen LogP contribution in [0.25, 0.3) is 0 Å². The van der Waals surface area contributed by atoms with Crippen LogP contribution in [0.15, 0.2) is 57.9 Å². The lowest BCUT2D eigenvalue weighted by Crippen LogP contribution is -2.38. The van der Waals surface area contributed by atoms with Gasteiger partial charge in [0, 0.05) is 22.6 Å². The van der Waals surface area contributed by atoms with Crippen molar-refractivity contribution in [3.05, 3.63) is 58.6 Å². The first-order chi connectivity index (χ1) is 11.8. The third kappa shape index (κ3) is 4.70. The Morgan fingerprint density at radius 2 is 1.72 bits per heavy atom. The molecule has 0 unspecified atom stereocenters. The van der Waals surface area contributed by atoms with E-state index in [2.05, 4.69) is 15.9 Å². The van der Waals surface area contributed by atoms with Gasteiger partial charge in [-0.05, 0) is 49.7 Å². The summed E-state index contributed by atoms with van der Waals surface area (Å²) in [5.41, 5.74) is 1.81. The van der Waals surface area contributed by atoms with Gasteiger partial charge in [-0.25, -0.2) is 8.42 Å². The molecule has 0 N–H and O–H groups in total. The van der Waals surface area contributed by atoms with Crippen molar-refractivity contribution in [2.45, 2.75) is 25.7 Å². The second-order valence-electron chi connectivity index (χ2n) is 6.01. The van der Waals surface area contributed by atoms with E-state index >= 15 is 0 Å². The summed E-state index contributed by atoms with van der Waals surface area (Å²) in [5.74, 6) is -1.03. The van der Waals surface area contributed by atoms with Crippen molar-refractivity contribution in [3.63, 3.8) is 0 Å². The molecule has 6 heteroatoms. The zero-order valence-electron chi connectivity index (χ0n) is 14.6. The third-order valence-corrected chi connectivity index (χ3v) is 6.51. The molecule has 0 fully saturated rings. The molecule has 0 radical (unpaired) electrons. The fourth-order valence-corrected chi connectivity index (χ4v) is 4.52. The van der Waals surface area contributed by atoms with Crippen molar-refractivity contribution >= 4 is 37.4 Å². The Labute approximate surface area is 157 Å². The van der Waals surface area contributed by atoms with E-state index in [1.165, 1.54) is 0 Å². The molecule has 0 heterocycles. The van der Waals surface area contributed by atoms with Crippen LogP contribution in [0, 0.1) is 12.8 Å². The van der Waals surface area contributed by atoms with Crippen LogP contribution in [-0.4, -0.2) is 26.6 Å². The SMILES string of the molecule is CCN(C(=O)[C@H](C)CS(=O)(=O)c1ccc(Br)cc1)c1ccccc1C. The molecule has 0 aliphatic rings. The van der Waals surface area contributed by atoms with Crippen LogP contribution in [0.5, 0.6) is 0 Å². The van der Waals surface area contributed by atoms with E-state index < -0.39 is 15.8 Å². The van der Waals surface area contributed by atoms with Crippen molar-refractivity contribution in [3.8, 4) is 0 Å². The Kier molecular flexibility index (Phi) is 6.41. The molecule has 0 spiro atoms. The van der Waals surface area contributed by atoms with Gasteiger partial charge in [-0.3, -0.25) is 4.79 Å². The van der Waals surface area contributed by atoms with Gasteiger partial charge in [0.15, 0.2) is 9.84 Å². The van der Waals surface area contributed by atoms with Crippen LogP contribution >= 0.6 is 15.9 Å². The maximum atomic E-state index is 12.8. The average Bonchev–Trinajstić information content (AvgIpc) is 2.57. The molecule has 0 aromatic heterocycles. The fraction of sp³-hybridized carbons (Fsp3) is 0.316. The lowest BCUT2D eigenvalue weighted by Gasteiger charge is -2.26. The van der Waals surface area contributed by atoms with Crippen LogP contribution in [0.2, 0.25) is 0 Å². The highest BCUT2D eigenvalue weighted by atomic mass is 79.9. The van der Waals surface area contributed by atoms with E-state index in [1.807, 2.05) is 38.1 Å². The summed E-state index contributed by atoms with van der Waals surface area (Å²) >= 11 is 3.29. The van der Waals surface area contributed by atoms with E-state index in [0.717, 1.165) is 15.7 Å². The zero-order valence-corrected chi connectivity index (χ0v) is 17.0. The fourth-order valence-electron chi connectivity index (χ4n) is 2.72. The van der Waals surface area contributed by atoms with Crippen molar-refractivity contribution < 1.29 is 13.2 Å². The van der Waals surface area contributed by atoms with E-state index in [1.54, 1.807) is 36.1 Å². The monoisotopic (exact) mass is 423 g/mol. The van der Waals surface area contributed by atoms with E-state index in [0.29, 0.717) is 6.54 Å². The van der Waals surface area contributed by atoms with Crippen molar-refractivity contribution in [1.82, 2.24) is 0 Å². The molecular formula is C19H22BrNO3S. The molecule has 0 aliphatic carbocycles. The van der Waals surface area contributed by atoms with Gasteiger partial charge < -0.3 is 4.90 Å². The number of rotatable bonds is 6. The molecule has 0 aliphatic heterocycles. The minimum absolute atomic E-state index is 0.183. The highest BCUT2D eigenvalue weighted by molar-refractivity contribution is 9.10. The summed E-state index contributed by atoms with van der Waals surface area (Å²) in [6.07, 6.45) is 0. The molecule has 0 saturated heterocycles. The molecular weight excluding hydrogens is 402 g/mol. The number of anilines is 1. The van der Waals surface area contributed by atoms with Gasteiger partial charge in [0.05, 0.1) is 10.6 Å². The van der Waals surface area contributed by atoms with Crippen molar-refractivity contribution in [2.24, 2.45) is 5.92 Å². The molecule has 0 saturated carbocycles. The largest absolute Gasteiger partial charge is 0.312 e. The Balaban J connectivity index is 2.21. The van der Waals surface area contributed by atoms with Gasteiger partial charge in [0.25, 0.3) is 0 Å². The number of carbonyl (C=O) groups excluding carboxylic acids is 1. The number of amides is 1. The molecule has 1 amide bonds. The summed E-state index contributed by atoms with van der Waals surface area (Å²) in [5, 5.41) is 0. The molecule has 25 heavy (non-hydrogen) atoms. The predicted octanol–water partition coefficient (Wildman–Crippen LogP) is 4.22. The standard InChI is InChI=1S/C19H22BrNO3S/c1-4-21(18-8-6-5-7-14(18)2)19(22)15(3)13-25(23,24)17-11-9-16(20)10-12-17/h5-12,15H,4,13H2,1-3H3/t15-/m1/s1. The number of halogens is 1. The summed E-state index contributed by atoms with van der Waals surface area (Å²) in [6.45, 7) is 5.99. The predicted molar refractivity (Wildman–Crippen MR) is 105 cm³/mol. The number of para-hydroxylation sites is 1. The Morgan fingerprint density at radius 1 is 1.12 bits per heavy atom. The average molecular weight is 424 g/mol. The van der Waals surface area contributed by atoms with Crippen LogP contribution < -0.4 is 4.90 Å². The maximum absolute atomic E-state index is 12.8. The number of nitrogens with zero attached hydrogens (tertiary/aromatic N) is 1. The molecule has 0 bridgehead atoms. The van der Waals surface area contributed by atoms with Gasteiger partial charge in [-0.1, -0.05) is 41.1 Å². The smallest absolute Gasteiger partial charge is 0.230 e. The normalized spacial score (nSPS) is 12.6. The van der Waals surface area contributed by atoms with Crippen LogP contribution in [-0.2, 0) is 14.6 Å². The molecule has 2 rings (SSSR count). The minimum atomic E-state index is -3.52. The number of carbonyl (C=O) groups is 1. The topological polar surface area (TPSA) is 54.5 Å². The Hall–Kier alpha value is -1.66. The summed E-state index contributed by atoms with van der Waals surface area (Å²) < 4.78 is 26.0. The molecule has 4 nitrogen and oxygen atoms in total. The number of aryl methyl sites for hydroxylation is 1. The quantitative estimate of drug-likeness (QED) is 0.698. The van der Waals surface area contributed by atoms with Crippen LogP contribution in [0.4, 0.5) is 5.69 Å². The van der Waals surface area contributed by atoms with Gasteiger partial charge in [-0.15, -0.1) is 0 Å². The van der Waals surface area contributed by atoms with E-state index in [-0.39, 0.29) is 16.6 Å². The van der Waals surface area contributed by atoms with E-state index in [4.69, 9.17) is 0 Å². The minimum Gasteiger partial charge on any atom is -0.312 e. The molecule has 134 valence electrons. The number of hydrogen-bond donors (Lipinski definition) is 0. The van der Waals surface area contributed by atoms with Crippen molar-refractivity contribution in [2.75, 3.05) is 17.2 Å². The maximum Gasteiger partial charge on any atom is 0.230 e. The second-order valence-corrected chi connectivity index (χ2v) is 8.96. The van der Waals surface area contributed by atoms with Crippen molar-refractivity contribution in [1.29, 1.82) is 0 Å². The lowest BCUT2D eigenvalue weighted by atomic mass is 10.1. The highest BCUT2D eigenvalue weighted by Gasteiger charge is 2.27. The summed E-state index contributed by atoms with van der Waals surface area (Å²) in [7, 11) is -3.52. The van der Waals surface area contributed by atoms with Gasteiger partial charge in [0.1, 0.15) is 0 Å². The zero-order chi connectivity index (χ0) is 18.6. The summed E-state index contributed by atoms with van der Waals surface area (Å²) in [4.78, 5) is 14.7. The Bertz CT molecular complexity index is 847. The van der Waals surface area contributed by atoms with Gasteiger partial charge in [-0.2, -0.15) is 0 Å². The van der Waals surface area contributed by atoms with E-state index in [9.17, 15) is 13.2 Å². The third-order valence-electron chi connectivity index (χ3n) is 4.05. The van der Waals surface area contributed by atoms with Crippen LogP contribution in [0.3, 0.4) is 0 Å². The van der Waals surface area contributed by atoms with Gasteiger partial charge in [0.2, 0.25) is 5.91 Å². The molecule has 2 aromatic carbocycles. The first kappa shape index (κ1) is 19.7. The number of benzene rings is 2. The summed E-state index contributed by atoms with van der Waals surface area (Å²) in [6, 6.07) is 14.1. The molecule has 1 atom stereocenters. The highest BCUT2D eigenvalue weighted by Crippen LogP contribution is 2.23. The lowest BCUT2D eigenvalue weighted by molar-refractivity contribution is -0.121. The first-order valence-corrected chi connectivity index (χ1v) is 10.6. The van der Waals surface area contributed by atoms with Crippen LogP contribution in [0.1, 0.15) is 19.4 Å². The number of hydrogen-bond acceptors (Lipinski definition) is 3. The second kappa shape index (κ2) is 8.15. The number of sulfone groups is 1. The van der Waals surface area contributed by atoms with Gasteiger partial charge >= 0.3 is 0 Å². The Morgan fingerprint density at radius 3 is 2.28 bits per heavy atom. The molecule has 2 aromatic rings. The first-order valence-electron chi connectivity index (χ1n) is 8.11.